The fourth-order valence-electron chi connectivity index (χ4n) is 2.40. The average Bonchev–Trinajstić information content (AvgIpc) is 2.90. The normalized spacial score (nSPS) is 12.5. The highest BCUT2D eigenvalue weighted by molar-refractivity contribution is 5.44. The number of hydrogen-bond acceptors (Lipinski definition) is 4. The number of aliphatic hydroxyl groups excluding tert-OH is 1. The van der Waals surface area contributed by atoms with Gasteiger partial charge in [-0.25, -0.2) is 0 Å². The van der Waals surface area contributed by atoms with Gasteiger partial charge in [0.2, 0.25) is 0 Å². The quantitative estimate of drug-likeness (QED) is 0.920. The lowest BCUT2D eigenvalue weighted by atomic mass is 10.0. The smallest absolute Gasteiger partial charge is 0.163 e. The Bertz CT molecular complexity index is 620. The fraction of sp³-hybridized carbons (Fsp3) is 0.438. The second-order valence-electron chi connectivity index (χ2n) is 5.28. The Morgan fingerprint density at radius 3 is 2.38 bits per heavy atom. The second-order valence-corrected chi connectivity index (χ2v) is 5.28. The number of ether oxygens (including phenoxy) is 2. The van der Waals surface area contributed by atoms with Crippen molar-refractivity contribution in [3.8, 4) is 11.5 Å². The first-order valence-corrected chi connectivity index (χ1v) is 6.93. The number of aliphatic hydroxyl groups is 1. The van der Waals surface area contributed by atoms with E-state index in [1.165, 1.54) is 0 Å². The Kier molecular flexibility index (Phi) is 4.53. The van der Waals surface area contributed by atoms with Gasteiger partial charge in [-0.2, -0.15) is 5.10 Å². The van der Waals surface area contributed by atoms with Crippen LogP contribution in [0.2, 0.25) is 0 Å². The van der Waals surface area contributed by atoms with Gasteiger partial charge in [0.25, 0.3) is 0 Å². The van der Waals surface area contributed by atoms with E-state index in [2.05, 4.69) is 5.10 Å². The van der Waals surface area contributed by atoms with Crippen molar-refractivity contribution in [1.29, 1.82) is 0 Å². The van der Waals surface area contributed by atoms with Gasteiger partial charge < -0.3 is 14.6 Å². The molecule has 0 bridgehead atoms. The van der Waals surface area contributed by atoms with Crippen LogP contribution in [0.4, 0.5) is 0 Å². The molecule has 1 aromatic heterocycles. The van der Waals surface area contributed by atoms with E-state index in [1.807, 2.05) is 39.0 Å². The molecule has 0 amide bonds. The molecule has 1 atom stereocenters. The van der Waals surface area contributed by atoms with Crippen molar-refractivity contribution in [3.05, 3.63) is 41.2 Å². The molecule has 0 aliphatic heterocycles. The summed E-state index contributed by atoms with van der Waals surface area (Å²) in [6.07, 6.45) is 0.764. The Hall–Kier alpha value is -2.01. The van der Waals surface area contributed by atoms with Crippen LogP contribution in [0.15, 0.2) is 24.4 Å². The molecule has 21 heavy (non-hydrogen) atoms. The van der Waals surface area contributed by atoms with Crippen LogP contribution in [-0.4, -0.2) is 29.1 Å². The van der Waals surface area contributed by atoms with Crippen LogP contribution >= 0.6 is 0 Å². The standard InChI is InChI=1S/C16H22N2O3/c1-10(2)18-15(14(21-5)9-17-18)16(19)12-8-11(3)6-7-13(12)20-4/h6-10,16,19H,1-5H3. The molecular formula is C16H22N2O3. The Morgan fingerprint density at radius 1 is 1.14 bits per heavy atom. The number of benzene rings is 1. The van der Waals surface area contributed by atoms with E-state index in [9.17, 15) is 5.11 Å². The summed E-state index contributed by atoms with van der Waals surface area (Å²) in [7, 11) is 3.17. The molecule has 0 spiro atoms. The van der Waals surface area contributed by atoms with Gasteiger partial charge in [0.05, 0.1) is 20.4 Å². The average molecular weight is 290 g/mol. The lowest BCUT2D eigenvalue weighted by molar-refractivity contribution is 0.195. The van der Waals surface area contributed by atoms with Crippen LogP contribution < -0.4 is 9.47 Å². The molecular weight excluding hydrogens is 268 g/mol. The highest BCUT2D eigenvalue weighted by Crippen LogP contribution is 2.36. The summed E-state index contributed by atoms with van der Waals surface area (Å²) in [5, 5.41) is 15.1. The number of hydrogen-bond donors (Lipinski definition) is 1. The summed E-state index contributed by atoms with van der Waals surface area (Å²) in [5.74, 6) is 1.21. The minimum atomic E-state index is -0.861. The molecule has 2 aromatic rings. The van der Waals surface area contributed by atoms with E-state index in [1.54, 1.807) is 25.1 Å². The third kappa shape index (κ3) is 2.88. The predicted molar refractivity (Wildman–Crippen MR) is 81.0 cm³/mol. The topological polar surface area (TPSA) is 56.5 Å². The Labute approximate surface area is 125 Å². The van der Waals surface area contributed by atoms with Crippen molar-refractivity contribution in [2.45, 2.75) is 32.9 Å². The highest BCUT2D eigenvalue weighted by atomic mass is 16.5. The van der Waals surface area contributed by atoms with Crippen LogP contribution in [0.25, 0.3) is 0 Å². The Balaban J connectivity index is 2.56. The van der Waals surface area contributed by atoms with Crippen LogP contribution in [0.5, 0.6) is 11.5 Å². The van der Waals surface area contributed by atoms with E-state index < -0.39 is 6.10 Å². The van der Waals surface area contributed by atoms with Gasteiger partial charge in [0.1, 0.15) is 17.5 Å². The molecule has 1 unspecified atom stereocenters. The molecule has 1 heterocycles. The molecule has 0 radical (unpaired) electrons. The van der Waals surface area contributed by atoms with Gasteiger partial charge >= 0.3 is 0 Å². The zero-order valence-corrected chi connectivity index (χ0v) is 13.1. The maximum Gasteiger partial charge on any atom is 0.163 e. The predicted octanol–water partition coefficient (Wildman–Crippen LogP) is 2.87. The summed E-state index contributed by atoms with van der Waals surface area (Å²) in [6.45, 7) is 6.00. The zero-order valence-electron chi connectivity index (χ0n) is 13.1. The summed E-state index contributed by atoms with van der Waals surface area (Å²) in [5.41, 5.74) is 2.40. The van der Waals surface area contributed by atoms with Crippen molar-refractivity contribution >= 4 is 0 Å². The van der Waals surface area contributed by atoms with Crippen molar-refractivity contribution < 1.29 is 14.6 Å². The summed E-state index contributed by atoms with van der Waals surface area (Å²) in [6, 6.07) is 5.85. The lowest BCUT2D eigenvalue weighted by Crippen LogP contribution is -2.14. The summed E-state index contributed by atoms with van der Waals surface area (Å²) < 4.78 is 12.5. The van der Waals surface area contributed by atoms with E-state index in [4.69, 9.17) is 9.47 Å². The SMILES string of the molecule is COc1ccc(C)cc1C(O)c1c(OC)cnn1C(C)C. The number of aromatic nitrogens is 2. The van der Waals surface area contributed by atoms with Crippen molar-refractivity contribution in [1.82, 2.24) is 9.78 Å². The van der Waals surface area contributed by atoms with Gasteiger partial charge in [0.15, 0.2) is 5.75 Å². The minimum Gasteiger partial charge on any atom is -0.496 e. The van der Waals surface area contributed by atoms with Gasteiger partial charge in [-0.3, -0.25) is 4.68 Å². The number of nitrogens with zero attached hydrogens (tertiary/aromatic N) is 2. The Morgan fingerprint density at radius 2 is 1.81 bits per heavy atom. The van der Waals surface area contributed by atoms with Gasteiger partial charge in [0, 0.05) is 11.6 Å². The molecule has 0 aliphatic carbocycles. The maximum absolute atomic E-state index is 10.8. The van der Waals surface area contributed by atoms with E-state index in [0.717, 1.165) is 5.56 Å². The second kappa shape index (κ2) is 6.18. The molecule has 5 nitrogen and oxygen atoms in total. The largest absolute Gasteiger partial charge is 0.496 e. The van der Waals surface area contributed by atoms with Gasteiger partial charge in [-0.05, 0) is 32.9 Å². The zero-order chi connectivity index (χ0) is 15.6. The van der Waals surface area contributed by atoms with Crippen molar-refractivity contribution in [3.63, 3.8) is 0 Å². The van der Waals surface area contributed by atoms with Crippen molar-refractivity contribution in [2.24, 2.45) is 0 Å². The number of aryl methyl sites for hydroxylation is 1. The molecule has 1 N–H and O–H groups in total. The molecule has 1 aromatic carbocycles. The molecule has 0 saturated carbocycles. The minimum absolute atomic E-state index is 0.120. The maximum atomic E-state index is 10.8. The van der Waals surface area contributed by atoms with E-state index >= 15 is 0 Å². The number of methoxy groups -OCH3 is 2. The lowest BCUT2D eigenvalue weighted by Gasteiger charge is -2.19. The molecule has 2 rings (SSSR count). The third-order valence-electron chi connectivity index (χ3n) is 3.45. The van der Waals surface area contributed by atoms with Crippen LogP contribution in [0, 0.1) is 6.92 Å². The van der Waals surface area contributed by atoms with Crippen LogP contribution in [-0.2, 0) is 0 Å². The monoisotopic (exact) mass is 290 g/mol. The summed E-state index contributed by atoms with van der Waals surface area (Å²) >= 11 is 0. The summed E-state index contributed by atoms with van der Waals surface area (Å²) in [4.78, 5) is 0. The molecule has 114 valence electrons. The number of rotatable bonds is 5. The van der Waals surface area contributed by atoms with Gasteiger partial charge in [-0.1, -0.05) is 11.6 Å². The van der Waals surface area contributed by atoms with E-state index in [-0.39, 0.29) is 6.04 Å². The first kappa shape index (κ1) is 15.4. The first-order chi connectivity index (χ1) is 9.99. The molecule has 0 fully saturated rings. The fourth-order valence-corrected chi connectivity index (χ4v) is 2.40. The van der Waals surface area contributed by atoms with E-state index in [0.29, 0.717) is 22.8 Å². The molecule has 0 saturated heterocycles. The van der Waals surface area contributed by atoms with Gasteiger partial charge in [-0.15, -0.1) is 0 Å². The highest BCUT2D eigenvalue weighted by Gasteiger charge is 2.25. The first-order valence-electron chi connectivity index (χ1n) is 6.93. The molecule has 0 aliphatic rings. The molecule has 5 heteroatoms. The van der Waals surface area contributed by atoms with Crippen LogP contribution in [0.3, 0.4) is 0 Å². The third-order valence-corrected chi connectivity index (χ3v) is 3.45. The van der Waals surface area contributed by atoms with Crippen LogP contribution in [0.1, 0.15) is 42.8 Å². The van der Waals surface area contributed by atoms with Crippen molar-refractivity contribution in [2.75, 3.05) is 14.2 Å².